The number of carbonyl (C=O) groups excluding carboxylic acids is 1. The fraction of sp³-hybridized carbons (Fsp3) is 0.300. The van der Waals surface area contributed by atoms with Crippen molar-refractivity contribution in [1.82, 2.24) is 9.88 Å². The second-order valence-corrected chi connectivity index (χ2v) is 6.08. The van der Waals surface area contributed by atoms with E-state index in [0.29, 0.717) is 23.6 Å². The molecule has 6 nitrogen and oxygen atoms in total. The van der Waals surface area contributed by atoms with Gasteiger partial charge in [-0.2, -0.15) is 0 Å². The van der Waals surface area contributed by atoms with Crippen LogP contribution in [0.4, 0.5) is 0 Å². The SMILES string of the molecule is COc1ccc(/C=C/C(=O)c2cccnc2)cc1OCC(O)CN(C)C. The molecule has 1 unspecified atom stereocenters. The molecule has 26 heavy (non-hydrogen) atoms. The Bertz CT molecular complexity index is 745. The van der Waals surface area contributed by atoms with Crippen LogP contribution in [0.3, 0.4) is 0 Å². The van der Waals surface area contributed by atoms with E-state index >= 15 is 0 Å². The topological polar surface area (TPSA) is 71.9 Å². The molecule has 1 aromatic heterocycles. The third-order valence-electron chi connectivity index (χ3n) is 3.57. The molecule has 0 amide bonds. The van der Waals surface area contributed by atoms with Gasteiger partial charge in [-0.15, -0.1) is 0 Å². The minimum atomic E-state index is -0.610. The number of aliphatic hydroxyl groups is 1. The maximum absolute atomic E-state index is 12.1. The molecule has 1 atom stereocenters. The Morgan fingerprint density at radius 3 is 2.77 bits per heavy atom. The highest BCUT2D eigenvalue weighted by molar-refractivity contribution is 6.06. The van der Waals surface area contributed by atoms with Crippen LogP contribution < -0.4 is 9.47 Å². The Balaban J connectivity index is 2.08. The van der Waals surface area contributed by atoms with E-state index in [4.69, 9.17) is 9.47 Å². The van der Waals surface area contributed by atoms with Crippen molar-refractivity contribution in [2.75, 3.05) is 34.4 Å². The third kappa shape index (κ3) is 5.98. The Hall–Kier alpha value is -2.70. The summed E-state index contributed by atoms with van der Waals surface area (Å²) < 4.78 is 11.0. The quantitative estimate of drug-likeness (QED) is 0.549. The number of nitrogens with zero attached hydrogens (tertiary/aromatic N) is 2. The predicted molar refractivity (Wildman–Crippen MR) is 101 cm³/mol. The predicted octanol–water partition coefficient (Wildman–Crippen LogP) is 2.29. The monoisotopic (exact) mass is 356 g/mol. The first-order chi connectivity index (χ1) is 12.5. The Kier molecular flexibility index (Phi) is 7.32. The number of carbonyl (C=O) groups is 1. The Morgan fingerprint density at radius 1 is 1.31 bits per heavy atom. The van der Waals surface area contributed by atoms with Crippen molar-refractivity contribution >= 4 is 11.9 Å². The molecule has 1 aromatic carbocycles. The van der Waals surface area contributed by atoms with Crippen molar-refractivity contribution in [1.29, 1.82) is 0 Å². The normalized spacial score (nSPS) is 12.3. The van der Waals surface area contributed by atoms with Crippen LogP contribution in [0.15, 0.2) is 48.8 Å². The van der Waals surface area contributed by atoms with Gasteiger partial charge in [0.15, 0.2) is 17.3 Å². The molecule has 0 aliphatic rings. The van der Waals surface area contributed by atoms with Crippen molar-refractivity contribution in [2.24, 2.45) is 0 Å². The maximum atomic E-state index is 12.1. The van der Waals surface area contributed by atoms with Crippen LogP contribution in [0.1, 0.15) is 15.9 Å². The molecule has 2 rings (SSSR count). The molecular weight excluding hydrogens is 332 g/mol. The van der Waals surface area contributed by atoms with Gasteiger partial charge in [0, 0.05) is 24.5 Å². The second-order valence-electron chi connectivity index (χ2n) is 6.08. The van der Waals surface area contributed by atoms with Crippen molar-refractivity contribution in [2.45, 2.75) is 6.10 Å². The largest absolute Gasteiger partial charge is 0.493 e. The number of aromatic nitrogens is 1. The van der Waals surface area contributed by atoms with Gasteiger partial charge in [0.05, 0.1) is 7.11 Å². The highest BCUT2D eigenvalue weighted by Gasteiger charge is 2.10. The van der Waals surface area contributed by atoms with Crippen molar-refractivity contribution < 1.29 is 19.4 Å². The van der Waals surface area contributed by atoms with E-state index in [1.165, 1.54) is 12.3 Å². The zero-order chi connectivity index (χ0) is 18.9. The lowest BCUT2D eigenvalue weighted by molar-refractivity contribution is 0.0818. The zero-order valence-electron chi connectivity index (χ0n) is 15.3. The summed E-state index contributed by atoms with van der Waals surface area (Å²) in [4.78, 5) is 17.9. The van der Waals surface area contributed by atoms with Crippen LogP contribution >= 0.6 is 0 Å². The number of likely N-dealkylation sites (N-methyl/N-ethyl adjacent to an activating group) is 1. The molecule has 1 N–H and O–H groups in total. The molecular formula is C20H24N2O4. The first-order valence-electron chi connectivity index (χ1n) is 8.25. The number of benzene rings is 1. The van der Waals surface area contributed by atoms with Crippen LogP contribution in [-0.4, -0.2) is 61.2 Å². The molecule has 1 heterocycles. The lowest BCUT2D eigenvalue weighted by Crippen LogP contribution is -2.30. The third-order valence-corrected chi connectivity index (χ3v) is 3.57. The van der Waals surface area contributed by atoms with E-state index in [0.717, 1.165) is 5.56 Å². The van der Waals surface area contributed by atoms with Crippen LogP contribution in [-0.2, 0) is 0 Å². The minimum absolute atomic E-state index is 0.127. The maximum Gasteiger partial charge on any atom is 0.187 e. The van der Waals surface area contributed by atoms with E-state index in [-0.39, 0.29) is 12.4 Å². The molecule has 2 aromatic rings. The molecule has 138 valence electrons. The van der Waals surface area contributed by atoms with Gasteiger partial charge in [0.1, 0.15) is 12.7 Å². The van der Waals surface area contributed by atoms with Gasteiger partial charge in [-0.25, -0.2) is 0 Å². The number of hydrogen-bond acceptors (Lipinski definition) is 6. The standard InChI is InChI=1S/C20H24N2O4/c1-22(2)13-17(23)14-26-20-11-15(7-9-19(20)25-3)6-8-18(24)16-5-4-10-21-12-16/h4-12,17,23H,13-14H2,1-3H3/b8-6+. The first-order valence-corrected chi connectivity index (χ1v) is 8.25. The number of rotatable bonds is 9. The number of hydrogen-bond donors (Lipinski definition) is 1. The number of methoxy groups -OCH3 is 1. The molecule has 0 fully saturated rings. The molecule has 0 aliphatic carbocycles. The lowest BCUT2D eigenvalue weighted by Gasteiger charge is -2.17. The van der Waals surface area contributed by atoms with E-state index < -0.39 is 6.10 Å². The van der Waals surface area contributed by atoms with E-state index in [2.05, 4.69) is 4.98 Å². The zero-order valence-corrected chi connectivity index (χ0v) is 15.3. The summed E-state index contributed by atoms with van der Waals surface area (Å²) in [5, 5.41) is 9.94. The van der Waals surface area contributed by atoms with Gasteiger partial charge in [0.25, 0.3) is 0 Å². The average molecular weight is 356 g/mol. The highest BCUT2D eigenvalue weighted by atomic mass is 16.5. The number of ether oxygens (including phenoxy) is 2. The second kappa shape index (κ2) is 9.70. The smallest absolute Gasteiger partial charge is 0.187 e. The van der Waals surface area contributed by atoms with Gasteiger partial charge < -0.3 is 19.5 Å². The Morgan fingerprint density at radius 2 is 2.12 bits per heavy atom. The summed E-state index contributed by atoms with van der Waals surface area (Å²) in [6.45, 7) is 0.651. The summed E-state index contributed by atoms with van der Waals surface area (Å²) in [6, 6.07) is 8.80. The lowest BCUT2D eigenvalue weighted by atomic mass is 10.1. The van der Waals surface area contributed by atoms with Crippen molar-refractivity contribution in [3.63, 3.8) is 0 Å². The van der Waals surface area contributed by atoms with E-state index in [1.807, 2.05) is 25.1 Å². The number of allylic oxidation sites excluding steroid dienone is 1. The van der Waals surface area contributed by atoms with Crippen LogP contribution in [0, 0.1) is 0 Å². The molecule has 6 heteroatoms. The fourth-order valence-corrected chi connectivity index (χ4v) is 2.35. The summed E-state index contributed by atoms with van der Waals surface area (Å²) in [5.74, 6) is 0.955. The first kappa shape index (κ1) is 19.6. The molecule has 0 bridgehead atoms. The van der Waals surface area contributed by atoms with E-state index in [1.54, 1.807) is 43.6 Å². The Labute approximate surface area is 153 Å². The van der Waals surface area contributed by atoms with Crippen molar-refractivity contribution in [3.05, 3.63) is 59.9 Å². The van der Waals surface area contributed by atoms with Crippen LogP contribution in [0.25, 0.3) is 6.08 Å². The van der Waals surface area contributed by atoms with E-state index in [9.17, 15) is 9.90 Å². The summed E-state index contributed by atoms with van der Waals surface area (Å²) >= 11 is 0. The summed E-state index contributed by atoms with van der Waals surface area (Å²) in [6.07, 6.45) is 5.74. The molecule has 0 saturated heterocycles. The molecule has 0 radical (unpaired) electrons. The number of ketones is 1. The van der Waals surface area contributed by atoms with Crippen LogP contribution in [0.2, 0.25) is 0 Å². The van der Waals surface area contributed by atoms with Crippen LogP contribution in [0.5, 0.6) is 11.5 Å². The summed E-state index contributed by atoms with van der Waals surface area (Å²) in [7, 11) is 5.32. The number of aliphatic hydroxyl groups excluding tert-OH is 1. The summed E-state index contributed by atoms with van der Waals surface area (Å²) in [5.41, 5.74) is 1.32. The number of pyridine rings is 1. The average Bonchev–Trinajstić information content (AvgIpc) is 2.64. The molecule has 0 spiro atoms. The van der Waals surface area contributed by atoms with Gasteiger partial charge in [-0.1, -0.05) is 12.1 Å². The van der Waals surface area contributed by atoms with Gasteiger partial charge >= 0.3 is 0 Å². The fourth-order valence-electron chi connectivity index (χ4n) is 2.35. The molecule has 0 saturated carbocycles. The minimum Gasteiger partial charge on any atom is -0.493 e. The van der Waals surface area contributed by atoms with Crippen molar-refractivity contribution in [3.8, 4) is 11.5 Å². The highest BCUT2D eigenvalue weighted by Crippen LogP contribution is 2.28. The van der Waals surface area contributed by atoms with Gasteiger partial charge in [-0.05, 0) is 50.0 Å². The van der Waals surface area contributed by atoms with Gasteiger partial charge in [-0.3, -0.25) is 9.78 Å². The van der Waals surface area contributed by atoms with Gasteiger partial charge in [0.2, 0.25) is 0 Å². The molecule has 0 aliphatic heterocycles.